The lowest BCUT2D eigenvalue weighted by atomic mass is 9.99. The molecule has 0 aromatic heterocycles. The Labute approximate surface area is 130 Å². The largest absolute Gasteiger partial charge is 0.323 e. The van der Waals surface area contributed by atoms with Gasteiger partial charge in [-0.1, -0.05) is 66.7 Å². The topological polar surface area (TPSA) is 32.3 Å². The molecular weight excluding hydrogens is 272 g/mol. The molecule has 0 saturated carbocycles. The van der Waals surface area contributed by atoms with E-state index in [0.29, 0.717) is 6.54 Å². The lowest BCUT2D eigenvalue weighted by Crippen LogP contribution is -2.53. The average Bonchev–Trinajstić information content (AvgIpc) is 2.98. The quantitative estimate of drug-likeness (QED) is 0.922. The first-order valence-corrected chi connectivity index (χ1v) is 7.68. The van der Waals surface area contributed by atoms with E-state index < -0.39 is 0 Å². The second-order valence-corrected chi connectivity index (χ2v) is 5.79. The molecule has 1 unspecified atom stereocenters. The van der Waals surface area contributed by atoms with Crippen molar-refractivity contribution in [3.8, 4) is 0 Å². The molecule has 2 aromatic carbocycles. The predicted molar refractivity (Wildman–Crippen MR) is 87.1 cm³/mol. The fourth-order valence-electron chi connectivity index (χ4n) is 3.48. The van der Waals surface area contributed by atoms with Gasteiger partial charge < -0.3 is 10.2 Å². The zero-order valence-electron chi connectivity index (χ0n) is 12.3. The van der Waals surface area contributed by atoms with Gasteiger partial charge in [0, 0.05) is 6.54 Å². The Balaban J connectivity index is 1.80. The summed E-state index contributed by atoms with van der Waals surface area (Å²) in [6.07, 6.45) is 2.25. The van der Waals surface area contributed by atoms with Crippen molar-refractivity contribution in [2.45, 2.75) is 12.1 Å². The lowest BCUT2D eigenvalue weighted by molar-refractivity contribution is -0.134. The van der Waals surface area contributed by atoms with E-state index in [1.807, 2.05) is 29.2 Å². The van der Waals surface area contributed by atoms with Gasteiger partial charge in [-0.15, -0.1) is 0 Å². The van der Waals surface area contributed by atoms with E-state index in [0.717, 1.165) is 6.54 Å². The van der Waals surface area contributed by atoms with Gasteiger partial charge in [0.2, 0.25) is 5.91 Å². The molecule has 3 heteroatoms. The average molecular weight is 290 g/mol. The first-order valence-electron chi connectivity index (χ1n) is 7.68. The Morgan fingerprint density at radius 2 is 1.64 bits per heavy atom. The number of carbonyl (C=O) groups excluding carboxylic acids is 1. The molecule has 0 spiro atoms. The Hall–Kier alpha value is -2.39. The Morgan fingerprint density at radius 3 is 2.36 bits per heavy atom. The highest BCUT2D eigenvalue weighted by Crippen LogP contribution is 2.40. The summed E-state index contributed by atoms with van der Waals surface area (Å²) in [5.74, 6) is 0.173. The van der Waals surface area contributed by atoms with Crippen molar-refractivity contribution in [2.75, 3.05) is 13.1 Å². The number of nitrogens with one attached hydrogen (secondary N) is 1. The van der Waals surface area contributed by atoms with Crippen LogP contribution in [0.25, 0.3) is 5.57 Å². The predicted octanol–water partition coefficient (Wildman–Crippen LogP) is 2.63. The maximum Gasteiger partial charge on any atom is 0.237 e. The number of carbonyl (C=O) groups is 1. The first kappa shape index (κ1) is 13.3. The van der Waals surface area contributed by atoms with Crippen molar-refractivity contribution < 1.29 is 4.79 Å². The van der Waals surface area contributed by atoms with Crippen LogP contribution in [0, 0.1) is 0 Å². The first-order chi connectivity index (χ1) is 10.8. The molecule has 0 aliphatic carbocycles. The summed E-state index contributed by atoms with van der Waals surface area (Å²) in [7, 11) is 0. The molecule has 1 fully saturated rings. The normalized spacial score (nSPS) is 24.1. The molecule has 4 rings (SSSR count). The Kier molecular flexibility index (Phi) is 3.28. The third-order valence-electron chi connectivity index (χ3n) is 4.48. The zero-order chi connectivity index (χ0) is 14.9. The van der Waals surface area contributed by atoms with Gasteiger partial charge in [-0.25, -0.2) is 0 Å². The molecule has 2 aromatic rings. The minimum absolute atomic E-state index is 0.0380. The minimum Gasteiger partial charge on any atom is -0.323 e. The number of amides is 1. The number of hydrogen-bond donors (Lipinski definition) is 1. The highest BCUT2D eigenvalue weighted by Gasteiger charge is 2.40. The molecule has 1 saturated heterocycles. The van der Waals surface area contributed by atoms with Crippen LogP contribution in [0.3, 0.4) is 0 Å². The van der Waals surface area contributed by atoms with Crippen LogP contribution in [0.1, 0.15) is 17.2 Å². The second kappa shape index (κ2) is 5.43. The van der Waals surface area contributed by atoms with Gasteiger partial charge in [-0.2, -0.15) is 0 Å². The molecule has 0 radical (unpaired) electrons. The number of benzene rings is 2. The lowest BCUT2D eigenvalue weighted by Gasteiger charge is -2.36. The monoisotopic (exact) mass is 290 g/mol. The summed E-state index contributed by atoms with van der Waals surface area (Å²) in [4.78, 5) is 14.5. The fourth-order valence-corrected chi connectivity index (χ4v) is 3.48. The van der Waals surface area contributed by atoms with Crippen LogP contribution in [0.2, 0.25) is 0 Å². The summed E-state index contributed by atoms with van der Waals surface area (Å²) in [5, 5.41) is 3.25. The highest BCUT2D eigenvalue weighted by molar-refractivity contribution is 5.87. The van der Waals surface area contributed by atoms with Crippen molar-refractivity contribution in [2.24, 2.45) is 0 Å². The van der Waals surface area contributed by atoms with E-state index in [9.17, 15) is 4.79 Å². The summed E-state index contributed by atoms with van der Waals surface area (Å²) in [6, 6.07) is 20.8. The zero-order valence-corrected chi connectivity index (χ0v) is 12.3. The Morgan fingerprint density at radius 1 is 0.955 bits per heavy atom. The molecule has 2 heterocycles. The molecular formula is C19H18N2O. The summed E-state index contributed by atoms with van der Waals surface area (Å²) >= 11 is 0. The van der Waals surface area contributed by atoms with E-state index in [-0.39, 0.29) is 18.0 Å². The smallest absolute Gasteiger partial charge is 0.237 e. The maximum absolute atomic E-state index is 12.5. The van der Waals surface area contributed by atoms with Crippen LogP contribution >= 0.6 is 0 Å². The third kappa shape index (κ3) is 2.14. The molecule has 3 nitrogen and oxygen atoms in total. The number of nitrogens with zero attached hydrogens (tertiary/aromatic N) is 1. The van der Waals surface area contributed by atoms with E-state index in [1.54, 1.807) is 0 Å². The number of hydrogen-bond acceptors (Lipinski definition) is 2. The van der Waals surface area contributed by atoms with Crippen LogP contribution in [0.4, 0.5) is 0 Å². The maximum atomic E-state index is 12.5. The van der Waals surface area contributed by atoms with Gasteiger partial charge in [-0.05, 0) is 16.7 Å². The molecule has 2 aliphatic heterocycles. The molecule has 110 valence electrons. The van der Waals surface area contributed by atoms with Crippen molar-refractivity contribution in [3.05, 3.63) is 77.9 Å². The minimum atomic E-state index is 0.0380. The molecule has 0 bridgehead atoms. The number of piperazine rings is 1. The highest BCUT2D eigenvalue weighted by atomic mass is 16.2. The SMILES string of the molecule is O=C1CNCC2C(c3ccccc3)=C[C@@H](c3ccccc3)N12. The summed E-state index contributed by atoms with van der Waals surface area (Å²) in [5.41, 5.74) is 3.62. The van der Waals surface area contributed by atoms with Crippen molar-refractivity contribution in [3.63, 3.8) is 0 Å². The fraction of sp³-hybridized carbons (Fsp3) is 0.211. The van der Waals surface area contributed by atoms with Crippen molar-refractivity contribution in [1.29, 1.82) is 0 Å². The third-order valence-corrected chi connectivity index (χ3v) is 4.48. The molecule has 22 heavy (non-hydrogen) atoms. The van der Waals surface area contributed by atoms with E-state index in [1.165, 1.54) is 16.7 Å². The van der Waals surface area contributed by atoms with E-state index >= 15 is 0 Å². The number of rotatable bonds is 2. The van der Waals surface area contributed by atoms with E-state index in [4.69, 9.17) is 0 Å². The Bertz CT molecular complexity index is 709. The van der Waals surface area contributed by atoms with Gasteiger partial charge in [0.05, 0.1) is 18.6 Å². The second-order valence-electron chi connectivity index (χ2n) is 5.79. The summed E-state index contributed by atoms with van der Waals surface area (Å²) in [6.45, 7) is 1.24. The molecule has 1 amide bonds. The van der Waals surface area contributed by atoms with Crippen molar-refractivity contribution in [1.82, 2.24) is 10.2 Å². The van der Waals surface area contributed by atoms with Crippen LogP contribution in [0.5, 0.6) is 0 Å². The van der Waals surface area contributed by atoms with Crippen molar-refractivity contribution >= 4 is 11.5 Å². The van der Waals surface area contributed by atoms with Gasteiger partial charge in [0.15, 0.2) is 0 Å². The van der Waals surface area contributed by atoms with Crippen LogP contribution in [-0.4, -0.2) is 29.9 Å². The standard InChI is InChI=1S/C19H18N2O/c22-19-13-20-12-18-16(14-7-3-1-4-8-14)11-17(21(18)19)15-9-5-2-6-10-15/h1-11,17-18,20H,12-13H2/t17-,18?/m0/s1. The van der Waals surface area contributed by atoms with E-state index in [2.05, 4.69) is 47.8 Å². The number of fused-ring (bicyclic) bond motifs is 1. The summed E-state index contributed by atoms with van der Waals surface area (Å²) < 4.78 is 0. The van der Waals surface area contributed by atoms with Crippen LogP contribution in [0.15, 0.2) is 66.7 Å². The molecule has 2 atom stereocenters. The van der Waals surface area contributed by atoms with Crippen LogP contribution in [-0.2, 0) is 4.79 Å². The molecule has 1 N–H and O–H groups in total. The van der Waals surface area contributed by atoms with Gasteiger partial charge in [0.25, 0.3) is 0 Å². The van der Waals surface area contributed by atoms with Gasteiger partial charge >= 0.3 is 0 Å². The van der Waals surface area contributed by atoms with Gasteiger partial charge in [0.1, 0.15) is 0 Å². The van der Waals surface area contributed by atoms with Crippen LogP contribution < -0.4 is 5.32 Å². The van der Waals surface area contributed by atoms with Gasteiger partial charge in [-0.3, -0.25) is 4.79 Å². The molecule has 2 aliphatic rings.